The van der Waals surface area contributed by atoms with Crippen LogP contribution in [0, 0.1) is 16.0 Å². The van der Waals surface area contributed by atoms with Crippen molar-refractivity contribution >= 4 is 75.3 Å². The molecular formula is C38H39ClN8O7. The zero-order valence-corrected chi connectivity index (χ0v) is 30.2. The van der Waals surface area contributed by atoms with Crippen molar-refractivity contribution in [3.63, 3.8) is 0 Å². The summed E-state index contributed by atoms with van der Waals surface area (Å²) in [4.78, 5) is 81.6. The molecule has 16 heteroatoms. The van der Waals surface area contributed by atoms with Crippen LogP contribution in [0.5, 0.6) is 0 Å². The van der Waals surface area contributed by atoms with Gasteiger partial charge in [-0.3, -0.25) is 49.2 Å². The minimum Gasteiger partial charge on any atom is -0.369 e. The summed E-state index contributed by atoms with van der Waals surface area (Å²) in [6, 6.07) is 13.1. The summed E-state index contributed by atoms with van der Waals surface area (Å²) >= 11 is 6.55. The van der Waals surface area contributed by atoms with E-state index >= 15 is 0 Å². The van der Waals surface area contributed by atoms with E-state index in [2.05, 4.69) is 30.7 Å². The third-order valence-electron chi connectivity index (χ3n) is 11.2. The van der Waals surface area contributed by atoms with Gasteiger partial charge < -0.3 is 20.4 Å². The van der Waals surface area contributed by atoms with Crippen molar-refractivity contribution in [3.05, 3.63) is 80.4 Å². The topological polar surface area (TPSA) is 178 Å². The molecule has 0 aliphatic carbocycles. The van der Waals surface area contributed by atoms with Gasteiger partial charge in [-0.25, -0.2) is 0 Å². The number of hydrogen-bond donors (Lipinski definition) is 3. The number of anilines is 5. The zero-order chi connectivity index (χ0) is 37.7. The molecule has 3 fully saturated rings. The molecule has 5 heterocycles. The molecule has 54 heavy (non-hydrogen) atoms. The molecule has 0 spiro atoms. The number of halogens is 1. The quantitative estimate of drug-likeness (QED) is 0.170. The van der Waals surface area contributed by atoms with Gasteiger partial charge in [0.1, 0.15) is 11.7 Å². The predicted molar refractivity (Wildman–Crippen MR) is 201 cm³/mol. The average molecular weight is 755 g/mol. The highest BCUT2D eigenvalue weighted by molar-refractivity contribution is 6.33. The van der Waals surface area contributed by atoms with Crippen molar-refractivity contribution in [1.29, 1.82) is 0 Å². The van der Waals surface area contributed by atoms with E-state index in [-0.39, 0.29) is 45.5 Å². The molecule has 15 nitrogen and oxygen atoms in total. The molecule has 5 aliphatic heterocycles. The van der Waals surface area contributed by atoms with Crippen molar-refractivity contribution in [2.75, 3.05) is 66.2 Å². The Balaban J connectivity index is 0.865. The summed E-state index contributed by atoms with van der Waals surface area (Å²) in [5, 5.41) is 20.8. The molecule has 3 saturated heterocycles. The second kappa shape index (κ2) is 14.4. The number of nitrogens with zero attached hydrogens (tertiary/aromatic N) is 5. The van der Waals surface area contributed by atoms with Gasteiger partial charge in [-0.1, -0.05) is 11.6 Å². The number of aryl methyl sites for hydroxylation is 1. The number of imide groups is 2. The number of piperazine rings is 1. The Morgan fingerprint density at radius 2 is 1.52 bits per heavy atom. The van der Waals surface area contributed by atoms with Crippen molar-refractivity contribution in [2.45, 2.75) is 44.6 Å². The Morgan fingerprint density at radius 3 is 2.26 bits per heavy atom. The number of carbonyl (C=O) groups is 5. The Labute approximate surface area is 315 Å². The van der Waals surface area contributed by atoms with Gasteiger partial charge in [-0.05, 0) is 79.6 Å². The van der Waals surface area contributed by atoms with Crippen LogP contribution in [-0.2, 0) is 20.8 Å². The van der Waals surface area contributed by atoms with E-state index in [0.717, 1.165) is 73.1 Å². The molecule has 3 aromatic carbocycles. The van der Waals surface area contributed by atoms with Gasteiger partial charge in [0, 0.05) is 81.8 Å². The fourth-order valence-electron chi connectivity index (χ4n) is 8.23. The monoisotopic (exact) mass is 754 g/mol. The Hall–Kier alpha value is -5.54. The number of nitro benzene ring substituents is 1. The van der Waals surface area contributed by atoms with E-state index in [9.17, 15) is 34.1 Å². The Morgan fingerprint density at radius 1 is 0.778 bits per heavy atom. The second-order valence-electron chi connectivity index (χ2n) is 14.5. The van der Waals surface area contributed by atoms with Crippen molar-refractivity contribution < 1.29 is 28.9 Å². The van der Waals surface area contributed by atoms with Crippen LogP contribution in [0.1, 0.15) is 58.4 Å². The molecule has 280 valence electrons. The molecule has 5 aliphatic rings. The third kappa shape index (κ3) is 6.84. The van der Waals surface area contributed by atoms with Crippen LogP contribution in [0.3, 0.4) is 0 Å². The number of rotatable bonds is 8. The average Bonchev–Trinajstić information content (AvgIpc) is 3.41. The Bertz CT molecular complexity index is 2090. The number of nitrogens with one attached hydrogen (secondary N) is 3. The summed E-state index contributed by atoms with van der Waals surface area (Å²) < 4.78 is 0. The van der Waals surface area contributed by atoms with Crippen molar-refractivity contribution in [2.24, 2.45) is 5.92 Å². The largest absolute Gasteiger partial charge is 0.369 e. The number of hydrogen-bond acceptors (Lipinski definition) is 11. The van der Waals surface area contributed by atoms with Gasteiger partial charge in [0.15, 0.2) is 0 Å². The maximum Gasteiger partial charge on any atom is 0.294 e. The van der Waals surface area contributed by atoms with Crippen molar-refractivity contribution in [1.82, 2.24) is 15.1 Å². The van der Waals surface area contributed by atoms with Crippen LogP contribution in [0.15, 0.2) is 48.5 Å². The number of nitro groups is 1. The van der Waals surface area contributed by atoms with E-state index < -0.39 is 29.7 Å². The smallest absolute Gasteiger partial charge is 0.294 e. The van der Waals surface area contributed by atoms with Crippen LogP contribution in [0.2, 0.25) is 5.02 Å². The molecule has 0 saturated carbocycles. The van der Waals surface area contributed by atoms with E-state index in [1.807, 2.05) is 24.3 Å². The van der Waals surface area contributed by atoms with E-state index in [1.165, 1.54) is 6.07 Å². The first kappa shape index (κ1) is 35.5. The molecule has 1 atom stereocenters. The molecule has 3 N–H and O–H groups in total. The maximum atomic E-state index is 13.3. The number of amides is 5. The van der Waals surface area contributed by atoms with Crippen LogP contribution in [-0.4, -0.2) is 96.1 Å². The second-order valence-corrected chi connectivity index (χ2v) is 14.9. The maximum absolute atomic E-state index is 13.3. The summed E-state index contributed by atoms with van der Waals surface area (Å²) in [7, 11) is 0. The first-order valence-corrected chi connectivity index (χ1v) is 18.7. The summed E-state index contributed by atoms with van der Waals surface area (Å²) in [6.07, 6.45) is 3.00. The van der Waals surface area contributed by atoms with Crippen LogP contribution in [0.4, 0.5) is 34.1 Å². The minimum atomic E-state index is -0.997. The molecular weight excluding hydrogens is 716 g/mol. The van der Waals surface area contributed by atoms with Crippen molar-refractivity contribution in [3.8, 4) is 0 Å². The molecule has 0 radical (unpaired) electrons. The van der Waals surface area contributed by atoms with Crippen LogP contribution < -0.4 is 25.8 Å². The van der Waals surface area contributed by atoms with Gasteiger partial charge in [0.25, 0.3) is 17.5 Å². The van der Waals surface area contributed by atoms with Gasteiger partial charge in [-0.2, -0.15) is 0 Å². The fourth-order valence-corrected chi connectivity index (χ4v) is 8.43. The van der Waals surface area contributed by atoms with Crippen LogP contribution in [0.25, 0.3) is 0 Å². The summed E-state index contributed by atoms with van der Waals surface area (Å²) in [5.41, 5.74) is 5.02. The third-order valence-corrected chi connectivity index (χ3v) is 11.5. The molecule has 0 aromatic heterocycles. The zero-order valence-electron chi connectivity index (χ0n) is 29.4. The van der Waals surface area contributed by atoms with Gasteiger partial charge >= 0.3 is 0 Å². The normalized spacial score (nSPS) is 20.8. The minimum absolute atomic E-state index is 0.00708. The molecule has 5 amide bonds. The lowest BCUT2D eigenvalue weighted by molar-refractivity contribution is -0.384. The fraction of sp³-hybridized carbons (Fsp3) is 0.395. The van der Waals surface area contributed by atoms with Gasteiger partial charge in [0.2, 0.25) is 17.7 Å². The number of fused-ring (bicyclic) bond motifs is 2. The van der Waals surface area contributed by atoms with Gasteiger partial charge in [0.05, 0.1) is 26.8 Å². The van der Waals surface area contributed by atoms with Crippen LogP contribution >= 0.6 is 11.6 Å². The van der Waals surface area contributed by atoms with Gasteiger partial charge in [-0.15, -0.1) is 0 Å². The first-order chi connectivity index (χ1) is 26.0. The van der Waals surface area contributed by atoms with E-state index in [4.69, 9.17) is 11.6 Å². The summed E-state index contributed by atoms with van der Waals surface area (Å²) in [6.45, 7) is 5.36. The highest BCUT2D eigenvalue weighted by Crippen LogP contribution is 2.40. The number of carbonyl (C=O) groups excluding carboxylic acids is 5. The van der Waals surface area contributed by atoms with E-state index in [1.54, 1.807) is 18.2 Å². The predicted octanol–water partition coefficient (Wildman–Crippen LogP) is 4.32. The first-order valence-electron chi connectivity index (χ1n) is 18.3. The lowest BCUT2D eigenvalue weighted by atomic mass is 9.95. The summed E-state index contributed by atoms with van der Waals surface area (Å²) in [5.74, 6) is -1.65. The number of benzene rings is 3. The van der Waals surface area contributed by atoms with E-state index in [0.29, 0.717) is 43.2 Å². The number of piperidine rings is 2. The lowest BCUT2D eigenvalue weighted by Gasteiger charge is -2.40. The molecule has 1 unspecified atom stereocenters. The SMILES string of the molecule is O=C1CCC(N2C(=O)c3ccc(N4CCN(CC5CCN(c6cc(Nc7ccc8c(c7)CCC(=O)N8)c(Cl)cc6[N+](=O)[O-])CC5)CC4)cc3C2=O)C(=O)N1. The molecule has 3 aromatic rings. The highest BCUT2D eigenvalue weighted by atomic mass is 35.5. The standard InChI is InChI=1S/C38H39ClN8O7/c39-28-19-33(47(53)54)32(20-30(28)40-24-2-5-29-23(17-24)1-7-34(48)41-29)45-11-9-22(10-12-45)21-43-13-15-44(16-14-43)25-3-4-26-27(18-25)38(52)46(37(26)51)31-6-8-35(49)42-36(31)50/h2-5,17-20,22,31,40H,1,6-16,21H2,(H,41,48)(H,42,49,50). The lowest BCUT2D eigenvalue weighted by Crippen LogP contribution is -2.54. The Kier molecular flexibility index (Phi) is 9.44. The molecule has 0 bridgehead atoms. The highest BCUT2D eigenvalue weighted by Gasteiger charge is 2.45. The molecule has 8 rings (SSSR count).